The van der Waals surface area contributed by atoms with Gasteiger partial charge in [0.15, 0.2) is 6.33 Å². The number of tetrazole rings is 1. The summed E-state index contributed by atoms with van der Waals surface area (Å²) < 4.78 is 42.8. The number of ether oxygens (including phenoxy) is 1. The molecule has 0 bridgehead atoms. The van der Waals surface area contributed by atoms with Gasteiger partial charge in [0.25, 0.3) is 0 Å². The van der Waals surface area contributed by atoms with Gasteiger partial charge in [-0.15, -0.1) is 10.2 Å². The monoisotopic (exact) mass is 301 g/mol. The number of amides is 1. The SMILES string of the molecule is NC(=O)OCC(c1cccc(C(F)(F)F)c1)n1ncnn1. The van der Waals surface area contributed by atoms with E-state index in [0.29, 0.717) is 0 Å². The number of halogens is 3. The van der Waals surface area contributed by atoms with Gasteiger partial charge in [-0.1, -0.05) is 12.1 Å². The third-order valence-corrected chi connectivity index (χ3v) is 2.63. The van der Waals surface area contributed by atoms with Gasteiger partial charge in [-0.2, -0.15) is 18.0 Å². The fourth-order valence-corrected chi connectivity index (χ4v) is 1.70. The summed E-state index contributed by atoms with van der Waals surface area (Å²) in [6, 6.07) is 3.69. The molecule has 0 aliphatic heterocycles. The van der Waals surface area contributed by atoms with Crippen LogP contribution in [0, 0.1) is 0 Å². The van der Waals surface area contributed by atoms with Crippen molar-refractivity contribution in [2.45, 2.75) is 12.2 Å². The van der Waals surface area contributed by atoms with Gasteiger partial charge < -0.3 is 10.5 Å². The Hall–Kier alpha value is -2.65. The van der Waals surface area contributed by atoms with Crippen molar-refractivity contribution in [3.05, 3.63) is 41.7 Å². The fraction of sp³-hybridized carbons (Fsp3) is 0.273. The molecular weight excluding hydrogens is 291 g/mol. The van der Waals surface area contributed by atoms with Crippen LogP contribution in [-0.4, -0.2) is 32.9 Å². The number of aromatic nitrogens is 4. The first-order valence-electron chi connectivity index (χ1n) is 5.70. The highest BCUT2D eigenvalue weighted by atomic mass is 19.4. The third kappa shape index (κ3) is 3.68. The summed E-state index contributed by atoms with van der Waals surface area (Å²) in [7, 11) is 0. The third-order valence-electron chi connectivity index (χ3n) is 2.63. The molecule has 0 fully saturated rings. The Morgan fingerprint density at radius 1 is 1.43 bits per heavy atom. The van der Waals surface area contributed by atoms with Crippen LogP contribution in [0.15, 0.2) is 30.6 Å². The second kappa shape index (κ2) is 5.77. The van der Waals surface area contributed by atoms with Crippen molar-refractivity contribution in [2.24, 2.45) is 5.73 Å². The molecular formula is C11H10F3N5O2. The number of benzene rings is 1. The van der Waals surface area contributed by atoms with Crippen LogP contribution in [0.1, 0.15) is 17.2 Å². The Morgan fingerprint density at radius 3 is 2.76 bits per heavy atom. The predicted octanol–water partition coefficient (Wildman–Crippen LogP) is 1.38. The van der Waals surface area contributed by atoms with Crippen LogP contribution < -0.4 is 5.73 Å². The molecule has 2 N–H and O–H groups in total. The summed E-state index contributed by atoms with van der Waals surface area (Å²) in [6.45, 7) is -0.312. The van der Waals surface area contributed by atoms with Crippen molar-refractivity contribution in [3.63, 3.8) is 0 Å². The lowest BCUT2D eigenvalue weighted by Crippen LogP contribution is -2.24. The molecule has 112 valence electrons. The molecule has 1 aromatic carbocycles. The van der Waals surface area contributed by atoms with Crippen LogP contribution in [-0.2, 0) is 10.9 Å². The van der Waals surface area contributed by atoms with E-state index in [4.69, 9.17) is 5.73 Å². The van der Waals surface area contributed by atoms with Crippen LogP contribution in [0.3, 0.4) is 0 Å². The molecule has 0 aliphatic carbocycles. The maximum atomic E-state index is 12.7. The van der Waals surface area contributed by atoms with Gasteiger partial charge in [0.1, 0.15) is 12.6 Å². The number of rotatable bonds is 4. The molecule has 0 aliphatic rings. The zero-order chi connectivity index (χ0) is 15.5. The lowest BCUT2D eigenvalue weighted by atomic mass is 10.0. The molecule has 1 atom stereocenters. The number of hydrogen-bond donors (Lipinski definition) is 1. The molecule has 2 rings (SSSR count). The first kappa shape index (κ1) is 14.8. The summed E-state index contributed by atoms with van der Waals surface area (Å²) in [5, 5.41) is 10.8. The van der Waals surface area contributed by atoms with Crippen LogP contribution >= 0.6 is 0 Å². The number of nitrogens with zero attached hydrogens (tertiary/aromatic N) is 4. The maximum Gasteiger partial charge on any atom is 0.416 e. The van der Waals surface area contributed by atoms with Gasteiger partial charge in [0, 0.05) is 0 Å². The molecule has 0 radical (unpaired) electrons. The van der Waals surface area contributed by atoms with E-state index in [9.17, 15) is 18.0 Å². The second-order valence-electron chi connectivity index (χ2n) is 4.03. The predicted molar refractivity (Wildman–Crippen MR) is 62.9 cm³/mol. The van der Waals surface area contributed by atoms with Crippen molar-refractivity contribution in [1.29, 1.82) is 0 Å². The Balaban J connectivity index is 2.35. The minimum absolute atomic E-state index is 0.212. The second-order valence-corrected chi connectivity index (χ2v) is 4.03. The highest BCUT2D eigenvalue weighted by molar-refractivity contribution is 5.64. The number of hydrogen-bond acceptors (Lipinski definition) is 5. The highest BCUT2D eigenvalue weighted by Gasteiger charge is 2.31. The standard InChI is InChI=1S/C11H10F3N5O2/c12-11(13,14)8-3-1-2-7(4-8)9(5-21-10(15)20)19-17-6-16-18-19/h1-4,6,9H,5H2,(H2,15,20). The summed E-state index contributed by atoms with van der Waals surface area (Å²) >= 11 is 0. The molecule has 7 nitrogen and oxygen atoms in total. The topological polar surface area (TPSA) is 95.9 Å². The van der Waals surface area contributed by atoms with E-state index in [0.717, 1.165) is 23.3 Å². The zero-order valence-corrected chi connectivity index (χ0v) is 10.5. The number of carbonyl (C=O) groups is 1. The van der Waals surface area contributed by atoms with E-state index in [1.165, 1.54) is 12.1 Å². The van der Waals surface area contributed by atoms with Gasteiger partial charge in [0.05, 0.1) is 5.56 Å². The van der Waals surface area contributed by atoms with Crippen LogP contribution in [0.5, 0.6) is 0 Å². The summed E-state index contributed by atoms with van der Waals surface area (Å²) in [6.07, 6.45) is -4.42. The fourth-order valence-electron chi connectivity index (χ4n) is 1.70. The molecule has 1 aromatic heterocycles. The van der Waals surface area contributed by atoms with E-state index in [1.807, 2.05) is 0 Å². The van der Waals surface area contributed by atoms with E-state index in [2.05, 4.69) is 20.1 Å². The largest absolute Gasteiger partial charge is 0.447 e. The van der Waals surface area contributed by atoms with Crippen molar-refractivity contribution < 1.29 is 22.7 Å². The van der Waals surface area contributed by atoms with Crippen LogP contribution in [0.25, 0.3) is 0 Å². The zero-order valence-electron chi connectivity index (χ0n) is 10.5. The Morgan fingerprint density at radius 2 is 2.19 bits per heavy atom. The number of alkyl halides is 3. The molecule has 0 saturated carbocycles. The molecule has 1 amide bonds. The quantitative estimate of drug-likeness (QED) is 0.920. The van der Waals surface area contributed by atoms with E-state index >= 15 is 0 Å². The molecule has 21 heavy (non-hydrogen) atoms. The summed E-state index contributed by atoms with van der Waals surface area (Å²) in [5.74, 6) is 0. The van der Waals surface area contributed by atoms with Crippen LogP contribution in [0.4, 0.5) is 18.0 Å². The van der Waals surface area contributed by atoms with Crippen molar-refractivity contribution in [1.82, 2.24) is 20.2 Å². The molecule has 2 aromatic rings. The highest BCUT2D eigenvalue weighted by Crippen LogP contribution is 2.31. The lowest BCUT2D eigenvalue weighted by molar-refractivity contribution is -0.137. The number of primary amides is 1. The summed E-state index contributed by atoms with van der Waals surface area (Å²) in [4.78, 5) is 11.7. The minimum Gasteiger partial charge on any atom is -0.447 e. The first-order valence-corrected chi connectivity index (χ1v) is 5.70. The van der Waals surface area contributed by atoms with Gasteiger partial charge in [0.2, 0.25) is 0 Å². The molecule has 0 spiro atoms. The van der Waals surface area contributed by atoms with E-state index in [-0.39, 0.29) is 12.2 Å². The smallest absolute Gasteiger partial charge is 0.416 e. The molecule has 1 heterocycles. The van der Waals surface area contributed by atoms with Gasteiger partial charge in [-0.3, -0.25) is 0 Å². The first-order chi connectivity index (χ1) is 9.88. The van der Waals surface area contributed by atoms with Crippen molar-refractivity contribution in [3.8, 4) is 0 Å². The Kier molecular flexibility index (Phi) is 4.05. The molecule has 1 unspecified atom stereocenters. The molecule has 0 saturated heterocycles. The van der Waals surface area contributed by atoms with E-state index in [1.54, 1.807) is 0 Å². The van der Waals surface area contributed by atoms with Crippen LogP contribution in [0.2, 0.25) is 0 Å². The minimum atomic E-state index is -4.49. The van der Waals surface area contributed by atoms with E-state index < -0.39 is 23.9 Å². The van der Waals surface area contributed by atoms with Gasteiger partial charge >= 0.3 is 12.3 Å². The average molecular weight is 301 g/mol. The number of carbonyl (C=O) groups excluding carboxylic acids is 1. The molecule has 10 heteroatoms. The Labute approximate surface area is 116 Å². The van der Waals surface area contributed by atoms with Crippen molar-refractivity contribution >= 4 is 6.09 Å². The maximum absolute atomic E-state index is 12.7. The average Bonchev–Trinajstić information content (AvgIpc) is 2.92. The normalized spacial score (nSPS) is 12.9. The summed E-state index contributed by atoms with van der Waals surface area (Å²) in [5.41, 5.74) is 4.25. The van der Waals surface area contributed by atoms with Gasteiger partial charge in [-0.05, 0) is 22.9 Å². The van der Waals surface area contributed by atoms with Gasteiger partial charge in [-0.25, -0.2) is 4.79 Å². The number of nitrogens with two attached hydrogens (primary N) is 1. The lowest BCUT2D eigenvalue weighted by Gasteiger charge is -2.17. The van der Waals surface area contributed by atoms with Crippen molar-refractivity contribution in [2.75, 3.05) is 6.61 Å². The Bertz CT molecular complexity index is 615.